The Morgan fingerprint density at radius 2 is 2.00 bits per heavy atom. The summed E-state index contributed by atoms with van der Waals surface area (Å²) in [4.78, 5) is 0. The Bertz CT molecular complexity index is 35.3. The van der Waals surface area contributed by atoms with Gasteiger partial charge in [0, 0.05) is 0 Å². The van der Waals surface area contributed by atoms with Gasteiger partial charge in [-0.2, -0.15) is 0 Å². The molecule has 0 spiro atoms. The zero-order valence-corrected chi connectivity index (χ0v) is 3.85. The fourth-order valence-electron chi connectivity index (χ4n) is 0.192. The second-order valence-electron chi connectivity index (χ2n) is 0.996. The molecule has 0 nitrogen and oxygen atoms in total. The minimum atomic E-state index is 0.934. The predicted molar refractivity (Wildman–Crippen MR) is 28.8 cm³/mol. The summed E-state index contributed by atoms with van der Waals surface area (Å²) in [7, 11) is 0. The van der Waals surface area contributed by atoms with Gasteiger partial charge in [-0.1, -0.05) is 12.2 Å². The molecule has 0 amide bonds. The minimum absolute atomic E-state index is 0.934. The van der Waals surface area contributed by atoms with Crippen LogP contribution in [0.15, 0.2) is 12.2 Å². The van der Waals surface area contributed by atoms with Crippen LogP contribution in [0.5, 0.6) is 0 Å². The quantitative estimate of drug-likeness (QED) is 0.475. The first-order valence-electron chi connectivity index (χ1n) is 1.97. The molecule has 0 aromatic carbocycles. The Balaban J connectivity index is 2.66. The third-order valence-corrected chi connectivity index (χ3v) is 0.469. The van der Waals surface area contributed by atoms with Gasteiger partial charge >= 0.3 is 0 Å². The SMILES string of the molecule is [CH2][CH]C/C=C/[CH2]. The van der Waals surface area contributed by atoms with Crippen LogP contribution in [0.1, 0.15) is 6.42 Å². The van der Waals surface area contributed by atoms with Gasteiger partial charge in [0.25, 0.3) is 0 Å². The molecule has 0 saturated carbocycles. The Hall–Kier alpha value is -0.260. The molecule has 0 N–H and O–H groups in total. The monoisotopic (exact) mass is 81.1 g/mol. The topological polar surface area (TPSA) is 0 Å². The standard InChI is InChI=1S/C6H9/c1-3-5-6-4-2/h3-5H,1-2,6H2/b5-3+. The lowest BCUT2D eigenvalue weighted by molar-refractivity contribution is 1.29. The van der Waals surface area contributed by atoms with Crippen molar-refractivity contribution in [2.24, 2.45) is 0 Å². The Kier molecular flexibility index (Phi) is 4.53. The van der Waals surface area contributed by atoms with Crippen LogP contribution in [-0.4, -0.2) is 0 Å². The molecule has 0 aromatic rings. The van der Waals surface area contributed by atoms with Crippen molar-refractivity contribution in [3.63, 3.8) is 0 Å². The van der Waals surface area contributed by atoms with E-state index in [-0.39, 0.29) is 0 Å². The van der Waals surface area contributed by atoms with Gasteiger partial charge in [0.1, 0.15) is 0 Å². The van der Waals surface area contributed by atoms with E-state index in [2.05, 4.69) is 13.8 Å². The van der Waals surface area contributed by atoms with E-state index in [9.17, 15) is 0 Å². The molecule has 6 heavy (non-hydrogen) atoms. The molecule has 0 heterocycles. The van der Waals surface area contributed by atoms with Crippen LogP contribution in [0, 0.1) is 20.3 Å². The average Bonchev–Trinajstić information content (AvgIpc) is 1.61. The van der Waals surface area contributed by atoms with Crippen molar-refractivity contribution < 1.29 is 0 Å². The Labute approximate surface area is 39.9 Å². The molecule has 33 valence electrons. The molecule has 0 atom stereocenters. The summed E-state index contributed by atoms with van der Waals surface area (Å²) in [6, 6.07) is 0. The molecular weight excluding hydrogens is 72.1 g/mol. The summed E-state index contributed by atoms with van der Waals surface area (Å²) < 4.78 is 0. The van der Waals surface area contributed by atoms with E-state index < -0.39 is 0 Å². The van der Waals surface area contributed by atoms with Crippen molar-refractivity contribution in [2.45, 2.75) is 6.42 Å². The highest BCUT2D eigenvalue weighted by Gasteiger charge is 1.65. The first kappa shape index (κ1) is 5.74. The largest absolute Gasteiger partial charge is 0.0882 e. The molecule has 3 radical (unpaired) electrons. The molecular formula is C6H9. The van der Waals surface area contributed by atoms with Crippen LogP contribution in [0.4, 0.5) is 0 Å². The molecule has 0 aliphatic carbocycles. The second-order valence-corrected chi connectivity index (χ2v) is 0.996. The van der Waals surface area contributed by atoms with Crippen LogP contribution in [0.2, 0.25) is 0 Å². The van der Waals surface area contributed by atoms with E-state index in [1.54, 1.807) is 6.08 Å². The molecule has 0 aliphatic heterocycles. The van der Waals surface area contributed by atoms with Gasteiger partial charge < -0.3 is 0 Å². The summed E-state index contributed by atoms with van der Waals surface area (Å²) in [6.07, 6.45) is 6.49. The maximum absolute atomic E-state index is 3.52. The fourth-order valence-corrected chi connectivity index (χ4v) is 0.192. The van der Waals surface area contributed by atoms with Crippen LogP contribution < -0.4 is 0 Å². The highest BCUT2D eigenvalue weighted by molar-refractivity contribution is 4.88. The van der Waals surface area contributed by atoms with E-state index in [1.807, 2.05) is 12.5 Å². The summed E-state index contributed by atoms with van der Waals surface area (Å²) in [5.74, 6) is 0. The molecule has 0 aliphatic rings. The van der Waals surface area contributed by atoms with Crippen LogP contribution in [-0.2, 0) is 0 Å². The number of allylic oxidation sites excluding steroid dienone is 2. The molecule has 0 heteroatoms. The average molecular weight is 81.1 g/mol. The van der Waals surface area contributed by atoms with Crippen LogP contribution in [0.25, 0.3) is 0 Å². The molecule has 0 rings (SSSR count). The Morgan fingerprint density at radius 1 is 1.33 bits per heavy atom. The first-order valence-corrected chi connectivity index (χ1v) is 1.97. The van der Waals surface area contributed by atoms with Gasteiger partial charge in [0.15, 0.2) is 0 Å². The third kappa shape index (κ3) is 3.74. The number of unbranched alkanes of at least 4 members (excludes halogenated alkanes) is 1. The van der Waals surface area contributed by atoms with Crippen LogP contribution in [0.3, 0.4) is 0 Å². The van der Waals surface area contributed by atoms with Crippen molar-refractivity contribution in [1.82, 2.24) is 0 Å². The van der Waals surface area contributed by atoms with Gasteiger partial charge in [-0.15, -0.1) is 0 Å². The lowest BCUT2D eigenvalue weighted by Gasteiger charge is -1.75. The number of rotatable bonds is 2. The summed E-state index contributed by atoms with van der Waals surface area (Å²) >= 11 is 0. The van der Waals surface area contributed by atoms with E-state index in [1.165, 1.54) is 0 Å². The predicted octanol–water partition coefficient (Wildman–Crippen LogP) is 1.81. The molecule has 0 aromatic heterocycles. The van der Waals surface area contributed by atoms with Crippen molar-refractivity contribution in [3.8, 4) is 0 Å². The van der Waals surface area contributed by atoms with Crippen molar-refractivity contribution >= 4 is 0 Å². The van der Waals surface area contributed by atoms with Crippen molar-refractivity contribution in [3.05, 3.63) is 32.4 Å². The summed E-state index contributed by atoms with van der Waals surface area (Å²) in [5, 5.41) is 0. The molecule has 0 fully saturated rings. The van der Waals surface area contributed by atoms with Gasteiger partial charge in [0.2, 0.25) is 0 Å². The lowest BCUT2D eigenvalue weighted by atomic mass is 10.3. The Morgan fingerprint density at radius 3 is 2.17 bits per heavy atom. The van der Waals surface area contributed by atoms with Crippen molar-refractivity contribution in [2.75, 3.05) is 0 Å². The first-order chi connectivity index (χ1) is 2.91. The normalized spacial score (nSPS) is 10.3. The smallest absolute Gasteiger partial charge is 0.0316 e. The van der Waals surface area contributed by atoms with Gasteiger partial charge in [-0.05, 0) is 26.7 Å². The molecule has 0 bridgehead atoms. The van der Waals surface area contributed by atoms with Gasteiger partial charge in [-0.25, -0.2) is 0 Å². The lowest BCUT2D eigenvalue weighted by Crippen LogP contribution is -1.58. The van der Waals surface area contributed by atoms with E-state index in [0.717, 1.165) is 6.42 Å². The van der Waals surface area contributed by atoms with E-state index in [0.29, 0.717) is 0 Å². The number of hydrogen-bond acceptors (Lipinski definition) is 0. The molecule has 0 unspecified atom stereocenters. The van der Waals surface area contributed by atoms with E-state index in [4.69, 9.17) is 0 Å². The summed E-state index contributed by atoms with van der Waals surface area (Å²) in [5.41, 5.74) is 0. The maximum Gasteiger partial charge on any atom is -0.0316 e. The fraction of sp³-hybridized carbons (Fsp3) is 0.167. The van der Waals surface area contributed by atoms with Crippen molar-refractivity contribution in [1.29, 1.82) is 0 Å². The van der Waals surface area contributed by atoms with Gasteiger partial charge in [0.05, 0.1) is 0 Å². The zero-order valence-electron chi connectivity index (χ0n) is 3.85. The molecule has 0 saturated heterocycles. The zero-order chi connectivity index (χ0) is 4.83. The van der Waals surface area contributed by atoms with Crippen LogP contribution >= 0.6 is 0 Å². The highest BCUT2D eigenvalue weighted by Crippen LogP contribution is 1.83. The maximum atomic E-state index is 3.52. The summed E-state index contributed by atoms with van der Waals surface area (Å²) in [6.45, 7) is 7.01. The minimum Gasteiger partial charge on any atom is -0.0882 e. The number of hydrogen-bond donors (Lipinski definition) is 0. The second kappa shape index (κ2) is 4.74. The highest BCUT2D eigenvalue weighted by atomic mass is 13.7. The van der Waals surface area contributed by atoms with E-state index >= 15 is 0 Å². The van der Waals surface area contributed by atoms with Gasteiger partial charge in [-0.3, -0.25) is 0 Å². The third-order valence-electron chi connectivity index (χ3n) is 0.469.